The van der Waals surface area contributed by atoms with E-state index in [1.807, 2.05) is 29.2 Å². The average Bonchev–Trinajstić information content (AvgIpc) is 2.49. The van der Waals surface area contributed by atoms with Gasteiger partial charge in [-0.1, -0.05) is 17.9 Å². The number of rotatable bonds is 2. The Hall–Kier alpha value is -1.99. The number of amides is 2. The minimum absolute atomic E-state index is 0.0369. The molecule has 106 valence electrons. The molecule has 1 aromatic rings. The first-order valence-electron chi connectivity index (χ1n) is 7.05. The van der Waals surface area contributed by atoms with Crippen molar-refractivity contribution in [3.63, 3.8) is 0 Å². The number of hydrogen-bond donors (Lipinski definition) is 2. The van der Waals surface area contributed by atoms with Gasteiger partial charge in [-0.15, -0.1) is 0 Å². The summed E-state index contributed by atoms with van der Waals surface area (Å²) in [6.45, 7) is 1.74. The van der Waals surface area contributed by atoms with Gasteiger partial charge in [-0.3, -0.25) is 0 Å². The largest absolute Gasteiger partial charge is 0.395 e. The number of benzene rings is 1. The minimum atomic E-state index is -0.0369. The molecule has 1 heterocycles. The van der Waals surface area contributed by atoms with Crippen LogP contribution in [0.15, 0.2) is 24.3 Å². The summed E-state index contributed by atoms with van der Waals surface area (Å²) < 4.78 is 0. The van der Waals surface area contributed by atoms with Crippen LogP contribution >= 0.6 is 0 Å². The standard InChI is InChI=1S/C16H20N2O2/c19-12-5-2-7-14-8-6-9-15(13-14)17-16(20)18-10-3-1-4-11-18/h6,8-9,13,19H,1,3-5,10-12H2,(H,17,20). The fourth-order valence-electron chi connectivity index (χ4n) is 2.19. The number of hydrogen-bond acceptors (Lipinski definition) is 2. The van der Waals surface area contributed by atoms with Crippen LogP contribution in [0.1, 0.15) is 31.2 Å². The van der Waals surface area contributed by atoms with E-state index in [1.54, 1.807) is 0 Å². The molecule has 0 spiro atoms. The first-order chi connectivity index (χ1) is 9.79. The van der Waals surface area contributed by atoms with Gasteiger partial charge in [-0.25, -0.2) is 4.79 Å². The van der Waals surface area contributed by atoms with Gasteiger partial charge in [-0.2, -0.15) is 0 Å². The van der Waals surface area contributed by atoms with Gasteiger partial charge in [0.15, 0.2) is 0 Å². The summed E-state index contributed by atoms with van der Waals surface area (Å²) in [5, 5.41) is 11.6. The number of nitrogens with one attached hydrogen (secondary N) is 1. The predicted octanol–water partition coefficient (Wildman–Crippen LogP) is 2.44. The van der Waals surface area contributed by atoms with Crippen molar-refractivity contribution in [2.24, 2.45) is 0 Å². The third-order valence-corrected chi connectivity index (χ3v) is 3.23. The van der Waals surface area contributed by atoms with Crippen LogP contribution in [0.3, 0.4) is 0 Å². The highest BCUT2D eigenvalue weighted by Crippen LogP contribution is 2.13. The molecule has 2 N–H and O–H groups in total. The van der Waals surface area contributed by atoms with E-state index >= 15 is 0 Å². The lowest BCUT2D eigenvalue weighted by molar-refractivity contribution is 0.200. The molecule has 1 saturated heterocycles. The van der Waals surface area contributed by atoms with Crippen molar-refractivity contribution in [3.8, 4) is 11.8 Å². The number of nitrogens with zero attached hydrogens (tertiary/aromatic N) is 1. The highest BCUT2D eigenvalue weighted by atomic mass is 16.2. The molecule has 0 atom stereocenters. The molecule has 0 saturated carbocycles. The van der Waals surface area contributed by atoms with E-state index in [2.05, 4.69) is 17.2 Å². The molecule has 2 rings (SSSR count). The number of anilines is 1. The highest BCUT2D eigenvalue weighted by molar-refractivity contribution is 5.89. The Balaban J connectivity index is 1.97. The molecular weight excluding hydrogens is 252 g/mol. The molecule has 0 aromatic heterocycles. The second-order valence-corrected chi connectivity index (χ2v) is 4.83. The van der Waals surface area contributed by atoms with E-state index in [0.717, 1.165) is 37.2 Å². The number of urea groups is 1. The first-order valence-corrected chi connectivity index (χ1v) is 7.05. The van der Waals surface area contributed by atoms with Crippen molar-refractivity contribution in [2.75, 3.05) is 25.0 Å². The van der Waals surface area contributed by atoms with Crippen molar-refractivity contribution in [2.45, 2.75) is 25.7 Å². The fraction of sp³-hybridized carbons (Fsp3) is 0.438. The van der Waals surface area contributed by atoms with E-state index in [0.29, 0.717) is 6.42 Å². The topological polar surface area (TPSA) is 52.6 Å². The normalized spacial score (nSPS) is 14.3. The lowest BCUT2D eigenvalue weighted by Gasteiger charge is -2.26. The summed E-state index contributed by atoms with van der Waals surface area (Å²) in [6.07, 6.45) is 3.84. The maximum Gasteiger partial charge on any atom is 0.321 e. The van der Waals surface area contributed by atoms with Gasteiger partial charge in [0.2, 0.25) is 0 Å². The summed E-state index contributed by atoms with van der Waals surface area (Å²) >= 11 is 0. The third kappa shape index (κ3) is 4.29. The Kier molecular flexibility index (Phi) is 5.45. The van der Waals surface area contributed by atoms with Gasteiger partial charge in [-0.05, 0) is 37.5 Å². The van der Waals surface area contributed by atoms with E-state index < -0.39 is 0 Å². The lowest BCUT2D eigenvalue weighted by atomic mass is 10.1. The van der Waals surface area contributed by atoms with Crippen LogP contribution in [0.25, 0.3) is 0 Å². The molecule has 4 heteroatoms. The summed E-state index contributed by atoms with van der Waals surface area (Å²) in [6, 6.07) is 7.44. The summed E-state index contributed by atoms with van der Waals surface area (Å²) in [4.78, 5) is 13.9. The number of carbonyl (C=O) groups is 1. The second-order valence-electron chi connectivity index (χ2n) is 4.83. The minimum Gasteiger partial charge on any atom is -0.395 e. The monoisotopic (exact) mass is 272 g/mol. The molecule has 0 unspecified atom stereocenters. The van der Waals surface area contributed by atoms with Crippen molar-refractivity contribution in [1.29, 1.82) is 0 Å². The van der Waals surface area contributed by atoms with Crippen LogP contribution in [-0.4, -0.2) is 35.7 Å². The molecule has 1 fully saturated rings. The van der Waals surface area contributed by atoms with Crippen LogP contribution in [-0.2, 0) is 0 Å². The van der Waals surface area contributed by atoms with Crippen LogP contribution in [0.2, 0.25) is 0 Å². The molecule has 1 aromatic carbocycles. The highest BCUT2D eigenvalue weighted by Gasteiger charge is 2.16. The maximum atomic E-state index is 12.1. The van der Waals surface area contributed by atoms with Crippen LogP contribution < -0.4 is 5.32 Å². The van der Waals surface area contributed by atoms with Crippen LogP contribution in [0.4, 0.5) is 10.5 Å². The summed E-state index contributed by atoms with van der Waals surface area (Å²) in [5.74, 6) is 5.84. The van der Waals surface area contributed by atoms with Gasteiger partial charge >= 0.3 is 6.03 Å². The number of piperidine rings is 1. The summed E-state index contributed by atoms with van der Waals surface area (Å²) in [5.41, 5.74) is 1.60. The van der Waals surface area contributed by atoms with E-state index in [9.17, 15) is 4.79 Å². The number of likely N-dealkylation sites (tertiary alicyclic amines) is 1. The van der Waals surface area contributed by atoms with Gasteiger partial charge in [0.05, 0.1) is 6.61 Å². The second kappa shape index (κ2) is 7.56. The molecule has 4 nitrogen and oxygen atoms in total. The fourth-order valence-corrected chi connectivity index (χ4v) is 2.19. The number of aliphatic hydroxyl groups is 1. The smallest absolute Gasteiger partial charge is 0.321 e. The molecule has 1 aliphatic heterocycles. The number of carbonyl (C=O) groups excluding carboxylic acids is 1. The molecule has 0 aliphatic carbocycles. The number of aliphatic hydroxyl groups excluding tert-OH is 1. The first kappa shape index (κ1) is 14.4. The van der Waals surface area contributed by atoms with Crippen LogP contribution in [0.5, 0.6) is 0 Å². The Labute approximate surface area is 119 Å². The van der Waals surface area contributed by atoms with Crippen molar-refractivity contribution >= 4 is 11.7 Å². The average molecular weight is 272 g/mol. The Bertz CT molecular complexity index is 511. The Morgan fingerprint density at radius 1 is 1.30 bits per heavy atom. The van der Waals surface area contributed by atoms with Crippen molar-refractivity contribution < 1.29 is 9.90 Å². The molecule has 2 amide bonds. The van der Waals surface area contributed by atoms with E-state index in [-0.39, 0.29) is 12.6 Å². The third-order valence-electron chi connectivity index (χ3n) is 3.23. The quantitative estimate of drug-likeness (QED) is 0.812. The van der Waals surface area contributed by atoms with Gasteiger partial charge < -0.3 is 15.3 Å². The lowest BCUT2D eigenvalue weighted by Crippen LogP contribution is -2.38. The zero-order chi connectivity index (χ0) is 14.2. The van der Waals surface area contributed by atoms with E-state index in [4.69, 9.17) is 5.11 Å². The zero-order valence-electron chi connectivity index (χ0n) is 11.6. The van der Waals surface area contributed by atoms with Crippen molar-refractivity contribution in [3.05, 3.63) is 29.8 Å². The zero-order valence-corrected chi connectivity index (χ0v) is 11.6. The van der Waals surface area contributed by atoms with Gasteiger partial charge in [0.25, 0.3) is 0 Å². The molecule has 0 bridgehead atoms. The van der Waals surface area contributed by atoms with Crippen LogP contribution in [0, 0.1) is 11.8 Å². The molecule has 1 aliphatic rings. The SMILES string of the molecule is O=C(Nc1cccc(C#CCCO)c1)N1CCCCC1. The molecule has 0 radical (unpaired) electrons. The van der Waals surface area contributed by atoms with Gasteiger partial charge in [0, 0.05) is 30.8 Å². The van der Waals surface area contributed by atoms with Crippen molar-refractivity contribution in [1.82, 2.24) is 4.90 Å². The molecule has 20 heavy (non-hydrogen) atoms. The van der Waals surface area contributed by atoms with Gasteiger partial charge in [0.1, 0.15) is 0 Å². The Morgan fingerprint density at radius 3 is 2.85 bits per heavy atom. The predicted molar refractivity (Wildman–Crippen MR) is 79.5 cm³/mol. The Morgan fingerprint density at radius 2 is 2.10 bits per heavy atom. The molecular formula is C16H20N2O2. The maximum absolute atomic E-state index is 12.1. The van der Waals surface area contributed by atoms with E-state index in [1.165, 1.54) is 6.42 Å². The summed E-state index contributed by atoms with van der Waals surface area (Å²) in [7, 11) is 0.